The molecule has 0 aromatic heterocycles. The first-order valence-electron chi connectivity index (χ1n) is 8.47. The molecule has 2 aliphatic heterocycles. The van der Waals surface area contributed by atoms with Gasteiger partial charge >= 0.3 is 0 Å². The van der Waals surface area contributed by atoms with E-state index in [1.807, 2.05) is 0 Å². The van der Waals surface area contributed by atoms with Gasteiger partial charge in [-0.1, -0.05) is 12.1 Å². The van der Waals surface area contributed by atoms with Gasteiger partial charge in [0, 0.05) is 30.9 Å². The molecule has 0 bridgehead atoms. The Bertz CT molecular complexity index is 477. The van der Waals surface area contributed by atoms with Crippen LogP contribution in [0.25, 0.3) is 0 Å². The van der Waals surface area contributed by atoms with Gasteiger partial charge < -0.3 is 10.6 Å². The van der Waals surface area contributed by atoms with Crippen LogP contribution in [0.15, 0.2) is 18.2 Å². The second-order valence-corrected chi connectivity index (χ2v) is 6.93. The van der Waals surface area contributed by atoms with Crippen molar-refractivity contribution < 1.29 is 0 Å². The molecule has 0 amide bonds. The summed E-state index contributed by atoms with van der Waals surface area (Å²) in [4.78, 5) is 5.27. The number of anilines is 1. The first-order chi connectivity index (χ1) is 10.1. The normalized spacial score (nSPS) is 24.7. The number of hydrogen-bond acceptors (Lipinski definition) is 3. The number of hydrogen-bond donors (Lipinski definition) is 1. The quantitative estimate of drug-likeness (QED) is 0.924. The molecule has 2 atom stereocenters. The summed E-state index contributed by atoms with van der Waals surface area (Å²) in [6.45, 7) is 9.34. The van der Waals surface area contributed by atoms with Crippen LogP contribution in [0.2, 0.25) is 0 Å². The Morgan fingerprint density at radius 1 is 1.24 bits per heavy atom. The molecule has 2 aliphatic rings. The van der Waals surface area contributed by atoms with Crippen LogP contribution in [0, 0.1) is 6.92 Å². The summed E-state index contributed by atoms with van der Waals surface area (Å²) in [7, 11) is 0. The largest absolute Gasteiger partial charge is 0.370 e. The molecule has 2 heterocycles. The molecule has 1 aromatic carbocycles. The van der Waals surface area contributed by atoms with Gasteiger partial charge in [0.05, 0.1) is 0 Å². The predicted molar refractivity (Wildman–Crippen MR) is 90.0 cm³/mol. The van der Waals surface area contributed by atoms with E-state index in [2.05, 4.69) is 41.8 Å². The SMILES string of the molecule is Cc1cc(CC(C)N)ccc1N1CCC(N2CCCC2)C1. The summed E-state index contributed by atoms with van der Waals surface area (Å²) in [5.41, 5.74) is 10.1. The Hall–Kier alpha value is -1.06. The van der Waals surface area contributed by atoms with Crippen LogP contribution in [0.3, 0.4) is 0 Å². The predicted octanol–water partition coefficient (Wildman–Crippen LogP) is 2.56. The molecule has 0 radical (unpaired) electrons. The molecule has 2 fully saturated rings. The maximum atomic E-state index is 5.91. The van der Waals surface area contributed by atoms with Gasteiger partial charge in [-0.05, 0) is 69.8 Å². The van der Waals surface area contributed by atoms with E-state index < -0.39 is 0 Å². The van der Waals surface area contributed by atoms with Gasteiger partial charge in [-0.15, -0.1) is 0 Å². The van der Waals surface area contributed by atoms with E-state index >= 15 is 0 Å². The molecule has 116 valence electrons. The summed E-state index contributed by atoms with van der Waals surface area (Å²) in [6.07, 6.45) is 5.07. The van der Waals surface area contributed by atoms with Crippen LogP contribution in [-0.2, 0) is 6.42 Å². The first kappa shape index (κ1) is 14.9. The van der Waals surface area contributed by atoms with Crippen molar-refractivity contribution in [2.45, 2.75) is 51.6 Å². The van der Waals surface area contributed by atoms with Crippen LogP contribution in [0.1, 0.15) is 37.3 Å². The molecule has 0 spiro atoms. The average molecular weight is 287 g/mol. The van der Waals surface area contributed by atoms with Crippen LogP contribution in [0.5, 0.6) is 0 Å². The molecule has 3 rings (SSSR count). The summed E-state index contributed by atoms with van der Waals surface area (Å²) in [6, 6.07) is 7.90. The lowest BCUT2D eigenvalue weighted by Crippen LogP contribution is -2.35. The van der Waals surface area contributed by atoms with Gasteiger partial charge in [-0.2, -0.15) is 0 Å². The minimum Gasteiger partial charge on any atom is -0.370 e. The number of benzene rings is 1. The van der Waals surface area contributed by atoms with Crippen LogP contribution >= 0.6 is 0 Å². The summed E-state index contributed by atoms with van der Waals surface area (Å²) < 4.78 is 0. The number of nitrogens with two attached hydrogens (primary N) is 1. The average Bonchev–Trinajstić information content (AvgIpc) is 3.09. The monoisotopic (exact) mass is 287 g/mol. The van der Waals surface area contributed by atoms with Crippen LogP contribution in [-0.4, -0.2) is 43.2 Å². The molecule has 2 N–H and O–H groups in total. The molecule has 3 heteroatoms. The summed E-state index contributed by atoms with van der Waals surface area (Å²) in [5.74, 6) is 0. The minimum atomic E-state index is 0.238. The van der Waals surface area contributed by atoms with E-state index in [-0.39, 0.29) is 6.04 Å². The lowest BCUT2D eigenvalue weighted by molar-refractivity contribution is 0.260. The van der Waals surface area contributed by atoms with E-state index in [1.54, 1.807) is 0 Å². The third kappa shape index (κ3) is 3.41. The van der Waals surface area contributed by atoms with Crippen molar-refractivity contribution in [1.82, 2.24) is 4.90 Å². The maximum absolute atomic E-state index is 5.91. The van der Waals surface area contributed by atoms with E-state index in [4.69, 9.17) is 5.73 Å². The smallest absolute Gasteiger partial charge is 0.0396 e. The molecular formula is C18H29N3. The molecule has 1 aromatic rings. The highest BCUT2D eigenvalue weighted by Crippen LogP contribution is 2.28. The number of aryl methyl sites for hydroxylation is 1. The summed E-state index contributed by atoms with van der Waals surface area (Å²) in [5, 5.41) is 0. The zero-order chi connectivity index (χ0) is 14.8. The number of likely N-dealkylation sites (tertiary alicyclic amines) is 1. The zero-order valence-electron chi connectivity index (χ0n) is 13.5. The van der Waals surface area contributed by atoms with Gasteiger partial charge in [-0.3, -0.25) is 4.90 Å². The van der Waals surface area contributed by atoms with E-state index in [0.717, 1.165) is 12.5 Å². The highest BCUT2D eigenvalue weighted by atomic mass is 15.3. The van der Waals surface area contributed by atoms with Crippen molar-refractivity contribution >= 4 is 5.69 Å². The number of nitrogens with zero attached hydrogens (tertiary/aromatic N) is 2. The van der Waals surface area contributed by atoms with Crippen molar-refractivity contribution in [3.05, 3.63) is 29.3 Å². The van der Waals surface area contributed by atoms with Crippen molar-refractivity contribution in [1.29, 1.82) is 0 Å². The molecule has 0 aliphatic carbocycles. The third-order valence-corrected chi connectivity index (χ3v) is 4.98. The Kier molecular flexibility index (Phi) is 4.51. The second-order valence-electron chi connectivity index (χ2n) is 6.93. The van der Waals surface area contributed by atoms with Gasteiger partial charge in [0.1, 0.15) is 0 Å². The molecule has 0 saturated carbocycles. The first-order valence-corrected chi connectivity index (χ1v) is 8.47. The lowest BCUT2D eigenvalue weighted by Gasteiger charge is -2.25. The maximum Gasteiger partial charge on any atom is 0.0396 e. The van der Waals surface area contributed by atoms with Gasteiger partial charge in [0.25, 0.3) is 0 Å². The van der Waals surface area contributed by atoms with Crippen LogP contribution in [0.4, 0.5) is 5.69 Å². The highest BCUT2D eigenvalue weighted by Gasteiger charge is 2.29. The number of rotatable bonds is 4. The zero-order valence-corrected chi connectivity index (χ0v) is 13.5. The molecule has 2 unspecified atom stereocenters. The van der Waals surface area contributed by atoms with Crippen LogP contribution < -0.4 is 10.6 Å². The third-order valence-electron chi connectivity index (χ3n) is 4.98. The van der Waals surface area contributed by atoms with Gasteiger partial charge in [0.15, 0.2) is 0 Å². The molecular weight excluding hydrogens is 258 g/mol. The van der Waals surface area contributed by atoms with Gasteiger partial charge in [-0.25, -0.2) is 0 Å². The molecule has 2 saturated heterocycles. The molecule has 3 nitrogen and oxygen atoms in total. The van der Waals surface area contributed by atoms with Gasteiger partial charge in [0.2, 0.25) is 0 Å². The van der Waals surface area contributed by atoms with Crippen molar-refractivity contribution in [3.63, 3.8) is 0 Å². The summed E-state index contributed by atoms with van der Waals surface area (Å²) >= 11 is 0. The van der Waals surface area contributed by atoms with E-state index in [1.165, 1.54) is 62.3 Å². The Balaban J connectivity index is 1.67. The fourth-order valence-corrected chi connectivity index (χ4v) is 3.94. The Morgan fingerprint density at radius 3 is 2.67 bits per heavy atom. The van der Waals surface area contributed by atoms with Crippen molar-refractivity contribution in [2.75, 3.05) is 31.1 Å². The Morgan fingerprint density at radius 2 is 2.00 bits per heavy atom. The lowest BCUT2D eigenvalue weighted by atomic mass is 10.0. The van der Waals surface area contributed by atoms with E-state index in [0.29, 0.717) is 0 Å². The Labute approximate surface area is 129 Å². The molecule has 21 heavy (non-hydrogen) atoms. The fourth-order valence-electron chi connectivity index (χ4n) is 3.94. The fraction of sp³-hybridized carbons (Fsp3) is 0.667. The van der Waals surface area contributed by atoms with E-state index in [9.17, 15) is 0 Å². The minimum absolute atomic E-state index is 0.238. The van der Waals surface area contributed by atoms with Crippen molar-refractivity contribution in [2.24, 2.45) is 5.73 Å². The highest BCUT2D eigenvalue weighted by molar-refractivity contribution is 5.55. The topological polar surface area (TPSA) is 32.5 Å². The second kappa shape index (κ2) is 6.37. The van der Waals surface area contributed by atoms with Crippen molar-refractivity contribution in [3.8, 4) is 0 Å². The standard InChI is InChI=1S/C18H29N3/c1-14-11-16(12-15(2)19)5-6-18(14)21-10-7-17(13-21)20-8-3-4-9-20/h5-6,11,15,17H,3-4,7-10,12-13,19H2,1-2H3.